The summed E-state index contributed by atoms with van der Waals surface area (Å²) in [5.74, 6) is -0.111. The Morgan fingerprint density at radius 3 is 2.40 bits per heavy atom. The van der Waals surface area contributed by atoms with Crippen molar-refractivity contribution in [2.24, 2.45) is 5.41 Å². The average molecular weight is 141 g/mol. The summed E-state index contributed by atoms with van der Waals surface area (Å²) < 4.78 is 0. The van der Waals surface area contributed by atoms with E-state index in [0.29, 0.717) is 6.54 Å². The maximum atomic E-state index is 11.1. The molecule has 3 heteroatoms. The molecule has 1 saturated heterocycles. The molecular formula is C7H11NO2. The zero-order valence-electron chi connectivity index (χ0n) is 6.23. The Kier molecular flexibility index (Phi) is 1.50. The van der Waals surface area contributed by atoms with Gasteiger partial charge in [-0.1, -0.05) is 13.8 Å². The molecule has 0 aromatic carbocycles. The van der Waals surface area contributed by atoms with E-state index in [1.165, 1.54) is 0 Å². The number of carbonyl (C=O) groups excluding carboxylic acids is 2. The molecule has 10 heavy (non-hydrogen) atoms. The van der Waals surface area contributed by atoms with E-state index < -0.39 is 0 Å². The van der Waals surface area contributed by atoms with Gasteiger partial charge in [-0.05, 0) is 0 Å². The van der Waals surface area contributed by atoms with E-state index in [4.69, 9.17) is 0 Å². The number of ketones is 1. The molecule has 0 aromatic rings. The molecule has 1 rings (SSSR count). The van der Waals surface area contributed by atoms with Crippen LogP contribution in [-0.2, 0) is 9.59 Å². The lowest BCUT2D eigenvalue weighted by Gasteiger charge is -2.27. The van der Waals surface area contributed by atoms with E-state index in [-0.39, 0.29) is 23.5 Å². The van der Waals surface area contributed by atoms with Crippen molar-refractivity contribution in [3.05, 3.63) is 0 Å². The Morgan fingerprint density at radius 1 is 1.40 bits per heavy atom. The fraction of sp³-hybridized carbons (Fsp3) is 0.714. The Morgan fingerprint density at radius 2 is 2.00 bits per heavy atom. The van der Waals surface area contributed by atoms with E-state index in [0.717, 1.165) is 0 Å². The molecule has 1 aliphatic heterocycles. The van der Waals surface area contributed by atoms with Gasteiger partial charge in [0.25, 0.3) is 0 Å². The third-order valence-electron chi connectivity index (χ3n) is 1.80. The van der Waals surface area contributed by atoms with Crippen molar-refractivity contribution in [3.8, 4) is 0 Å². The van der Waals surface area contributed by atoms with Crippen LogP contribution in [0.15, 0.2) is 0 Å². The maximum absolute atomic E-state index is 11.1. The lowest BCUT2D eigenvalue weighted by Crippen LogP contribution is -2.46. The van der Waals surface area contributed by atoms with Gasteiger partial charge >= 0.3 is 0 Å². The van der Waals surface area contributed by atoms with Crippen LogP contribution in [-0.4, -0.2) is 18.2 Å². The number of hydrogen-bond acceptors (Lipinski definition) is 2. The van der Waals surface area contributed by atoms with Crippen LogP contribution >= 0.6 is 0 Å². The van der Waals surface area contributed by atoms with E-state index in [1.807, 2.05) is 13.8 Å². The lowest BCUT2D eigenvalue weighted by molar-refractivity contribution is -0.137. The predicted molar refractivity (Wildman–Crippen MR) is 36.4 cm³/mol. The fourth-order valence-electron chi connectivity index (χ4n) is 0.866. The zero-order chi connectivity index (χ0) is 7.78. The van der Waals surface area contributed by atoms with Gasteiger partial charge in [-0.3, -0.25) is 9.59 Å². The van der Waals surface area contributed by atoms with Gasteiger partial charge in [-0.25, -0.2) is 0 Å². The summed E-state index contributed by atoms with van der Waals surface area (Å²) in [7, 11) is 0. The fourth-order valence-corrected chi connectivity index (χ4v) is 0.866. The van der Waals surface area contributed by atoms with Crippen LogP contribution in [0.25, 0.3) is 0 Å². The lowest BCUT2D eigenvalue weighted by atomic mass is 9.84. The number of rotatable bonds is 0. The van der Waals surface area contributed by atoms with E-state index in [2.05, 4.69) is 5.32 Å². The molecule has 1 heterocycles. The van der Waals surface area contributed by atoms with Gasteiger partial charge in [-0.15, -0.1) is 0 Å². The highest BCUT2D eigenvalue weighted by Crippen LogP contribution is 2.20. The first-order valence-electron chi connectivity index (χ1n) is 3.32. The van der Waals surface area contributed by atoms with Crippen molar-refractivity contribution in [1.82, 2.24) is 5.32 Å². The number of piperidine rings is 1. The van der Waals surface area contributed by atoms with Gasteiger partial charge in [0.15, 0.2) is 0 Å². The Hall–Kier alpha value is -0.860. The van der Waals surface area contributed by atoms with Crippen molar-refractivity contribution in [3.63, 3.8) is 0 Å². The highest BCUT2D eigenvalue weighted by Gasteiger charge is 2.33. The van der Waals surface area contributed by atoms with Crippen molar-refractivity contribution >= 4 is 11.7 Å². The molecule has 56 valence electrons. The van der Waals surface area contributed by atoms with Gasteiger partial charge in [0.1, 0.15) is 5.78 Å². The molecule has 0 saturated carbocycles. The van der Waals surface area contributed by atoms with Crippen LogP contribution in [0.4, 0.5) is 0 Å². The number of hydrogen-bond donors (Lipinski definition) is 1. The smallest absolute Gasteiger partial charge is 0.227 e. The molecule has 0 aliphatic carbocycles. The second-order valence-corrected chi connectivity index (χ2v) is 3.26. The largest absolute Gasteiger partial charge is 0.355 e. The van der Waals surface area contributed by atoms with E-state index in [1.54, 1.807) is 0 Å². The molecule has 0 unspecified atom stereocenters. The number of nitrogens with one attached hydrogen (secondary N) is 1. The molecule has 0 atom stereocenters. The zero-order valence-corrected chi connectivity index (χ0v) is 6.23. The number of amides is 1. The third-order valence-corrected chi connectivity index (χ3v) is 1.80. The molecule has 3 nitrogen and oxygen atoms in total. The van der Waals surface area contributed by atoms with E-state index >= 15 is 0 Å². The van der Waals surface area contributed by atoms with Crippen LogP contribution < -0.4 is 5.32 Å². The maximum Gasteiger partial charge on any atom is 0.227 e. The minimum atomic E-state index is -0.353. The molecule has 0 aromatic heterocycles. The highest BCUT2D eigenvalue weighted by atomic mass is 16.2. The quantitative estimate of drug-likeness (QED) is 0.486. The molecule has 1 aliphatic rings. The SMILES string of the molecule is CC1(C)CNC(=O)CC1=O. The van der Waals surface area contributed by atoms with Crippen molar-refractivity contribution in [2.75, 3.05) is 6.54 Å². The van der Waals surface area contributed by atoms with Crippen molar-refractivity contribution < 1.29 is 9.59 Å². The summed E-state index contributed by atoms with van der Waals surface area (Å²) in [5.41, 5.74) is -0.353. The van der Waals surface area contributed by atoms with Crippen molar-refractivity contribution in [2.45, 2.75) is 20.3 Å². The summed E-state index contributed by atoms with van der Waals surface area (Å²) in [5, 5.41) is 2.64. The second kappa shape index (κ2) is 2.08. The van der Waals surface area contributed by atoms with Crippen LogP contribution in [0.1, 0.15) is 20.3 Å². The highest BCUT2D eigenvalue weighted by molar-refractivity contribution is 6.03. The predicted octanol–water partition coefficient (Wildman–Crippen LogP) is 0.102. The second-order valence-electron chi connectivity index (χ2n) is 3.26. The first-order valence-corrected chi connectivity index (χ1v) is 3.32. The minimum Gasteiger partial charge on any atom is -0.355 e. The summed E-state index contributed by atoms with van der Waals surface area (Å²) in [6.45, 7) is 4.16. The minimum absolute atomic E-state index is 0.0382. The van der Waals surface area contributed by atoms with Gasteiger partial charge in [0.2, 0.25) is 5.91 Å². The monoisotopic (exact) mass is 141 g/mol. The third kappa shape index (κ3) is 1.17. The first-order chi connectivity index (χ1) is 4.52. The number of carbonyl (C=O) groups is 2. The first kappa shape index (κ1) is 7.25. The molecule has 1 amide bonds. The van der Waals surface area contributed by atoms with Crippen LogP contribution in [0.5, 0.6) is 0 Å². The standard InChI is InChI=1S/C7H11NO2/c1-7(2)4-8-6(10)3-5(7)9/h3-4H2,1-2H3,(H,8,10). The summed E-state index contributed by atoms with van der Waals surface area (Å²) in [6.07, 6.45) is 0.0486. The molecule has 1 N–H and O–H groups in total. The van der Waals surface area contributed by atoms with Crippen LogP contribution in [0, 0.1) is 5.41 Å². The van der Waals surface area contributed by atoms with Gasteiger partial charge in [0.05, 0.1) is 6.42 Å². The normalized spacial score (nSPS) is 24.2. The van der Waals surface area contributed by atoms with Gasteiger partial charge in [0, 0.05) is 12.0 Å². The topological polar surface area (TPSA) is 46.2 Å². The van der Waals surface area contributed by atoms with Gasteiger partial charge < -0.3 is 5.32 Å². The Bertz CT molecular complexity index is 184. The van der Waals surface area contributed by atoms with E-state index in [9.17, 15) is 9.59 Å². The molecular weight excluding hydrogens is 130 g/mol. The Labute approximate surface area is 59.8 Å². The molecule has 0 radical (unpaired) electrons. The summed E-state index contributed by atoms with van der Waals surface area (Å²) in [4.78, 5) is 21.7. The molecule has 1 fully saturated rings. The summed E-state index contributed by atoms with van der Waals surface area (Å²) in [6, 6.07) is 0. The Balaban J connectivity index is 2.70. The van der Waals surface area contributed by atoms with Crippen molar-refractivity contribution in [1.29, 1.82) is 0 Å². The molecule has 0 spiro atoms. The van der Waals surface area contributed by atoms with Gasteiger partial charge in [-0.2, -0.15) is 0 Å². The van der Waals surface area contributed by atoms with Crippen LogP contribution in [0.2, 0.25) is 0 Å². The number of Topliss-reactive ketones (excluding diaryl/α,β-unsaturated/α-hetero) is 1. The summed E-state index contributed by atoms with van der Waals surface area (Å²) >= 11 is 0. The molecule has 0 bridgehead atoms. The van der Waals surface area contributed by atoms with Crippen LogP contribution in [0.3, 0.4) is 0 Å². The average Bonchev–Trinajstić information content (AvgIpc) is 1.81.